The van der Waals surface area contributed by atoms with Gasteiger partial charge in [0, 0.05) is 22.0 Å². The van der Waals surface area contributed by atoms with Crippen molar-refractivity contribution in [3.8, 4) is 0 Å². The summed E-state index contributed by atoms with van der Waals surface area (Å²) in [7, 11) is 1.86. The van der Waals surface area contributed by atoms with Crippen molar-refractivity contribution in [1.82, 2.24) is 5.32 Å². The smallest absolute Gasteiger partial charge is 0.125 e. The molecule has 2 aromatic rings. The molecule has 1 atom stereocenters. The van der Waals surface area contributed by atoms with Gasteiger partial charge in [-0.05, 0) is 31.3 Å². The summed E-state index contributed by atoms with van der Waals surface area (Å²) in [6.45, 7) is 2.06. The Hall–Kier alpha value is -0.960. The fraction of sp³-hybridized carbons (Fsp3) is 0.286. The average Bonchev–Trinajstić information content (AvgIpc) is 2.82. The second-order valence-electron chi connectivity index (χ2n) is 4.01. The van der Waals surface area contributed by atoms with Gasteiger partial charge in [-0.2, -0.15) is 0 Å². The maximum atomic E-state index is 6.23. The number of hydrogen-bond donors (Lipinski definition) is 1. The number of benzene rings is 1. The standard InChI is InChI=1S/C14H15Cl2NO/c1-3-9-7-8-12(18-9)14(17-2)13-10(15)5-4-6-11(13)16/h4-8,14,17H,3H2,1-2H3. The zero-order valence-corrected chi connectivity index (χ0v) is 11.8. The minimum absolute atomic E-state index is 0.133. The Labute approximate surface area is 117 Å². The lowest BCUT2D eigenvalue weighted by Crippen LogP contribution is -2.17. The van der Waals surface area contributed by atoms with Crippen molar-refractivity contribution in [1.29, 1.82) is 0 Å². The van der Waals surface area contributed by atoms with Crippen molar-refractivity contribution < 1.29 is 4.42 Å². The first-order valence-corrected chi connectivity index (χ1v) is 6.62. The summed E-state index contributed by atoms with van der Waals surface area (Å²) in [6.07, 6.45) is 0.868. The third-order valence-corrected chi connectivity index (χ3v) is 3.55. The number of furan rings is 1. The van der Waals surface area contributed by atoms with Gasteiger partial charge in [-0.1, -0.05) is 36.2 Å². The molecule has 0 aliphatic rings. The van der Waals surface area contributed by atoms with Crippen molar-refractivity contribution in [2.45, 2.75) is 19.4 Å². The van der Waals surface area contributed by atoms with Gasteiger partial charge in [0.15, 0.2) is 0 Å². The number of halogens is 2. The maximum absolute atomic E-state index is 6.23. The Kier molecular flexibility index (Phi) is 4.33. The molecular weight excluding hydrogens is 269 g/mol. The topological polar surface area (TPSA) is 25.2 Å². The van der Waals surface area contributed by atoms with E-state index < -0.39 is 0 Å². The van der Waals surface area contributed by atoms with Gasteiger partial charge in [-0.25, -0.2) is 0 Å². The number of nitrogens with one attached hydrogen (secondary N) is 1. The highest BCUT2D eigenvalue weighted by Gasteiger charge is 2.21. The molecule has 1 N–H and O–H groups in total. The van der Waals surface area contributed by atoms with E-state index in [9.17, 15) is 0 Å². The van der Waals surface area contributed by atoms with Crippen LogP contribution < -0.4 is 5.32 Å². The molecule has 2 rings (SSSR count). The highest BCUT2D eigenvalue weighted by atomic mass is 35.5. The van der Waals surface area contributed by atoms with E-state index in [1.807, 2.05) is 37.4 Å². The molecule has 0 aliphatic heterocycles. The molecule has 18 heavy (non-hydrogen) atoms. The first kappa shape index (κ1) is 13.5. The van der Waals surface area contributed by atoms with Crippen molar-refractivity contribution in [3.63, 3.8) is 0 Å². The van der Waals surface area contributed by atoms with Crippen molar-refractivity contribution in [2.24, 2.45) is 0 Å². The van der Waals surface area contributed by atoms with Crippen LogP contribution in [0.3, 0.4) is 0 Å². The molecule has 0 fully saturated rings. The van der Waals surface area contributed by atoms with Gasteiger partial charge in [0.25, 0.3) is 0 Å². The summed E-state index contributed by atoms with van der Waals surface area (Å²) < 4.78 is 5.77. The molecule has 0 spiro atoms. The summed E-state index contributed by atoms with van der Waals surface area (Å²) in [6, 6.07) is 9.30. The lowest BCUT2D eigenvalue weighted by molar-refractivity contribution is 0.434. The SMILES string of the molecule is CCc1ccc(C(NC)c2c(Cl)cccc2Cl)o1. The van der Waals surface area contributed by atoms with Crippen LogP contribution in [0.5, 0.6) is 0 Å². The summed E-state index contributed by atoms with van der Waals surface area (Å²) in [5.41, 5.74) is 0.848. The van der Waals surface area contributed by atoms with Crippen molar-refractivity contribution in [3.05, 3.63) is 57.5 Å². The van der Waals surface area contributed by atoms with E-state index in [0.29, 0.717) is 10.0 Å². The molecule has 0 radical (unpaired) electrons. The van der Waals surface area contributed by atoms with Crippen LogP contribution in [0, 0.1) is 0 Å². The van der Waals surface area contributed by atoms with Gasteiger partial charge in [0.05, 0.1) is 6.04 Å². The molecule has 0 amide bonds. The first-order valence-electron chi connectivity index (χ1n) is 5.87. The molecule has 96 valence electrons. The van der Waals surface area contributed by atoms with E-state index in [0.717, 1.165) is 23.5 Å². The van der Waals surface area contributed by atoms with Crippen molar-refractivity contribution >= 4 is 23.2 Å². The van der Waals surface area contributed by atoms with Crippen LogP contribution in [0.2, 0.25) is 10.0 Å². The van der Waals surface area contributed by atoms with E-state index in [2.05, 4.69) is 12.2 Å². The molecule has 1 heterocycles. The van der Waals surface area contributed by atoms with Crippen LogP contribution in [0.25, 0.3) is 0 Å². The van der Waals surface area contributed by atoms with Gasteiger partial charge in [-0.3, -0.25) is 0 Å². The zero-order valence-electron chi connectivity index (χ0n) is 10.3. The third kappa shape index (κ3) is 2.56. The van der Waals surface area contributed by atoms with E-state index in [-0.39, 0.29) is 6.04 Å². The van der Waals surface area contributed by atoms with Gasteiger partial charge in [-0.15, -0.1) is 0 Å². The Morgan fingerprint density at radius 2 is 1.83 bits per heavy atom. The Balaban J connectivity index is 2.45. The molecule has 0 bridgehead atoms. The van der Waals surface area contributed by atoms with Crippen molar-refractivity contribution in [2.75, 3.05) is 7.05 Å². The molecule has 2 nitrogen and oxygen atoms in total. The van der Waals surface area contributed by atoms with Gasteiger partial charge in [0.1, 0.15) is 11.5 Å². The Bertz CT molecular complexity index is 516. The van der Waals surface area contributed by atoms with Crippen LogP contribution in [-0.2, 0) is 6.42 Å². The lowest BCUT2D eigenvalue weighted by Gasteiger charge is -2.17. The molecule has 4 heteroatoms. The molecular formula is C14H15Cl2NO. The quantitative estimate of drug-likeness (QED) is 0.896. The van der Waals surface area contributed by atoms with E-state index in [4.69, 9.17) is 27.6 Å². The summed E-state index contributed by atoms with van der Waals surface area (Å²) in [4.78, 5) is 0. The summed E-state index contributed by atoms with van der Waals surface area (Å²) in [5.74, 6) is 1.78. The van der Waals surface area contributed by atoms with E-state index in [1.54, 1.807) is 0 Å². The van der Waals surface area contributed by atoms with Crippen LogP contribution in [0.1, 0.15) is 30.0 Å². The average molecular weight is 284 g/mol. The third-order valence-electron chi connectivity index (χ3n) is 2.89. The van der Waals surface area contributed by atoms with Crippen LogP contribution in [-0.4, -0.2) is 7.05 Å². The van der Waals surface area contributed by atoms with Crippen LogP contribution in [0.4, 0.5) is 0 Å². The number of hydrogen-bond acceptors (Lipinski definition) is 2. The van der Waals surface area contributed by atoms with E-state index >= 15 is 0 Å². The fourth-order valence-electron chi connectivity index (χ4n) is 1.96. The predicted octanol–water partition coefficient (Wildman–Crippen LogP) is 4.46. The van der Waals surface area contributed by atoms with Gasteiger partial charge in [0.2, 0.25) is 0 Å². The minimum Gasteiger partial charge on any atom is -0.464 e. The highest BCUT2D eigenvalue weighted by Crippen LogP contribution is 2.34. The van der Waals surface area contributed by atoms with Gasteiger partial charge < -0.3 is 9.73 Å². The molecule has 0 saturated heterocycles. The molecule has 0 aliphatic carbocycles. The lowest BCUT2D eigenvalue weighted by atomic mass is 10.0. The zero-order chi connectivity index (χ0) is 13.1. The number of rotatable bonds is 4. The highest BCUT2D eigenvalue weighted by molar-refractivity contribution is 6.36. The normalized spacial score (nSPS) is 12.7. The fourth-order valence-corrected chi connectivity index (χ4v) is 2.57. The van der Waals surface area contributed by atoms with Crippen LogP contribution >= 0.6 is 23.2 Å². The molecule has 0 saturated carbocycles. The minimum atomic E-state index is -0.133. The molecule has 1 aromatic carbocycles. The largest absolute Gasteiger partial charge is 0.464 e. The van der Waals surface area contributed by atoms with E-state index in [1.165, 1.54) is 0 Å². The number of aryl methyl sites for hydroxylation is 1. The second-order valence-corrected chi connectivity index (χ2v) is 4.83. The Morgan fingerprint density at radius 3 is 2.33 bits per heavy atom. The molecule has 1 unspecified atom stereocenters. The monoisotopic (exact) mass is 283 g/mol. The van der Waals surface area contributed by atoms with Gasteiger partial charge >= 0.3 is 0 Å². The Morgan fingerprint density at radius 1 is 1.17 bits per heavy atom. The summed E-state index contributed by atoms with van der Waals surface area (Å²) in [5, 5.41) is 4.46. The second kappa shape index (κ2) is 5.79. The molecule has 1 aromatic heterocycles. The first-order chi connectivity index (χ1) is 8.67. The summed E-state index contributed by atoms with van der Waals surface area (Å²) >= 11 is 12.5. The predicted molar refractivity (Wildman–Crippen MR) is 75.5 cm³/mol. The van der Waals surface area contributed by atoms with Crippen LogP contribution in [0.15, 0.2) is 34.7 Å². The maximum Gasteiger partial charge on any atom is 0.125 e.